The lowest BCUT2D eigenvalue weighted by atomic mass is 10.1. The van der Waals surface area contributed by atoms with Crippen molar-refractivity contribution in [2.75, 3.05) is 64.9 Å². The number of nitrogens with one attached hydrogen (secondary N) is 2. The number of halogens is 1. The van der Waals surface area contributed by atoms with Crippen LogP contribution in [0.2, 0.25) is 5.02 Å². The van der Waals surface area contributed by atoms with Gasteiger partial charge < -0.3 is 25.6 Å². The largest absolute Gasteiger partial charge is 0.481 e. The highest BCUT2D eigenvalue weighted by molar-refractivity contribution is 6.31. The van der Waals surface area contributed by atoms with Crippen LogP contribution in [0.1, 0.15) is 12.8 Å². The second kappa shape index (κ2) is 12.7. The Morgan fingerprint density at radius 2 is 1.72 bits per heavy atom. The fraction of sp³-hybridized carbons (Fsp3) is 0.478. The molecule has 0 amide bonds. The van der Waals surface area contributed by atoms with Gasteiger partial charge in [-0.2, -0.15) is 0 Å². The van der Waals surface area contributed by atoms with Crippen LogP contribution in [-0.2, 0) is 0 Å². The van der Waals surface area contributed by atoms with Crippen molar-refractivity contribution >= 4 is 39.2 Å². The van der Waals surface area contributed by atoms with Gasteiger partial charge in [-0.25, -0.2) is 9.97 Å². The third-order valence-corrected chi connectivity index (χ3v) is 5.49. The molecule has 0 unspecified atom stereocenters. The van der Waals surface area contributed by atoms with E-state index < -0.39 is 0 Å². The Bertz CT molecular complexity index is 998. The quantitative estimate of drug-likeness (QED) is 0.214. The highest BCUT2D eigenvalue weighted by Gasteiger charge is 2.12. The fourth-order valence-corrected chi connectivity index (χ4v) is 3.83. The van der Waals surface area contributed by atoms with E-state index in [1.54, 1.807) is 7.11 Å². The van der Waals surface area contributed by atoms with E-state index in [1.807, 2.05) is 30.3 Å². The van der Waals surface area contributed by atoms with Crippen molar-refractivity contribution in [1.29, 1.82) is 0 Å². The number of benzene rings is 1. The van der Waals surface area contributed by atoms with Gasteiger partial charge in [0.25, 0.3) is 0 Å². The normalized spacial score (nSPS) is 11.5. The predicted octanol–water partition coefficient (Wildman–Crippen LogP) is 2.51. The Morgan fingerprint density at radius 1 is 0.938 bits per heavy atom. The van der Waals surface area contributed by atoms with E-state index in [0.717, 1.165) is 66.6 Å². The topological polar surface area (TPSA) is 103 Å². The molecule has 0 aliphatic heterocycles. The molecule has 3 rings (SSSR count). The molecule has 0 bridgehead atoms. The molecular formula is C23H32ClN5O3. The van der Waals surface area contributed by atoms with Gasteiger partial charge in [-0.15, -0.1) is 0 Å². The molecule has 2 aromatic heterocycles. The number of nitrogens with zero attached hydrogens (tertiary/aromatic N) is 3. The molecule has 2 heterocycles. The van der Waals surface area contributed by atoms with Gasteiger partial charge in [0.05, 0.1) is 37.0 Å². The standard InChI is InChI=1S/C23H32ClN5O3/c1-32-21-7-6-19-23(28-21)22(18-5-4-17(24)16-20(18)27-19)26-10-2-8-25-9-3-11-29(12-14-30)13-15-31/h4-7,16,25,30-31H,2-3,8-15H2,1H3,(H,26,27). The molecule has 8 nitrogen and oxygen atoms in total. The van der Waals surface area contributed by atoms with E-state index in [4.69, 9.17) is 31.5 Å². The molecule has 0 saturated carbocycles. The van der Waals surface area contributed by atoms with Gasteiger partial charge in [0.2, 0.25) is 5.88 Å². The molecule has 9 heteroatoms. The van der Waals surface area contributed by atoms with Crippen LogP contribution in [0.5, 0.6) is 5.88 Å². The minimum absolute atomic E-state index is 0.115. The number of pyridine rings is 2. The Hall–Kier alpha value is -2.23. The number of aliphatic hydroxyl groups is 2. The predicted molar refractivity (Wildman–Crippen MR) is 130 cm³/mol. The molecule has 32 heavy (non-hydrogen) atoms. The number of ether oxygens (including phenoxy) is 1. The first-order chi connectivity index (χ1) is 15.7. The van der Waals surface area contributed by atoms with Gasteiger partial charge >= 0.3 is 0 Å². The average molecular weight is 462 g/mol. The Kier molecular flexibility index (Phi) is 9.70. The second-order valence-electron chi connectivity index (χ2n) is 7.54. The number of hydrogen-bond acceptors (Lipinski definition) is 8. The first-order valence-corrected chi connectivity index (χ1v) is 11.4. The van der Waals surface area contributed by atoms with Gasteiger partial charge in [-0.1, -0.05) is 11.6 Å². The van der Waals surface area contributed by atoms with Crippen LogP contribution >= 0.6 is 11.6 Å². The molecule has 0 spiro atoms. The molecule has 4 N–H and O–H groups in total. The summed E-state index contributed by atoms with van der Waals surface area (Å²) in [6, 6.07) is 9.41. The summed E-state index contributed by atoms with van der Waals surface area (Å²) in [5.74, 6) is 0.550. The van der Waals surface area contributed by atoms with E-state index in [0.29, 0.717) is 24.0 Å². The van der Waals surface area contributed by atoms with Gasteiger partial charge in [-0.3, -0.25) is 4.90 Å². The fourth-order valence-electron chi connectivity index (χ4n) is 3.66. The van der Waals surface area contributed by atoms with Crippen molar-refractivity contribution in [3.05, 3.63) is 35.4 Å². The van der Waals surface area contributed by atoms with Crippen LogP contribution in [0, 0.1) is 0 Å². The van der Waals surface area contributed by atoms with Crippen LogP contribution in [0.4, 0.5) is 5.69 Å². The van der Waals surface area contributed by atoms with E-state index >= 15 is 0 Å². The van der Waals surface area contributed by atoms with Crippen LogP contribution < -0.4 is 15.4 Å². The number of rotatable bonds is 14. The Balaban J connectivity index is 1.56. The molecule has 3 aromatic rings. The van der Waals surface area contributed by atoms with Crippen molar-refractivity contribution in [1.82, 2.24) is 20.2 Å². The van der Waals surface area contributed by atoms with Crippen molar-refractivity contribution < 1.29 is 14.9 Å². The number of aromatic nitrogens is 2. The zero-order valence-corrected chi connectivity index (χ0v) is 19.2. The maximum atomic E-state index is 9.06. The Morgan fingerprint density at radius 3 is 2.47 bits per heavy atom. The second-order valence-corrected chi connectivity index (χ2v) is 7.98. The zero-order valence-electron chi connectivity index (χ0n) is 18.5. The van der Waals surface area contributed by atoms with Gasteiger partial charge in [0, 0.05) is 36.1 Å². The van der Waals surface area contributed by atoms with Gasteiger partial charge in [0.15, 0.2) is 0 Å². The monoisotopic (exact) mass is 461 g/mol. The lowest BCUT2D eigenvalue weighted by molar-refractivity contribution is 0.160. The highest BCUT2D eigenvalue weighted by atomic mass is 35.5. The molecule has 0 fully saturated rings. The highest BCUT2D eigenvalue weighted by Crippen LogP contribution is 2.32. The van der Waals surface area contributed by atoms with Gasteiger partial charge in [0.1, 0.15) is 5.52 Å². The molecule has 0 aliphatic rings. The number of anilines is 1. The van der Waals surface area contributed by atoms with Crippen LogP contribution in [0.25, 0.3) is 21.9 Å². The molecular weight excluding hydrogens is 430 g/mol. The van der Waals surface area contributed by atoms with E-state index in [9.17, 15) is 0 Å². The molecule has 0 atom stereocenters. The summed E-state index contributed by atoms with van der Waals surface area (Å²) >= 11 is 6.18. The molecule has 0 radical (unpaired) electrons. The molecule has 174 valence electrons. The summed E-state index contributed by atoms with van der Waals surface area (Å²) in [7, 11) is 1.61. The maximum Gasteiger partial charge on any atom is 0.213 e. The molecule has 0 aliphatic carbocycles. The van der Waals surface area contributed by atoms with E-state index in [-0.39, 0.29) is 13.2 Å². The van der Waals surface area contributed by atoms with Crippen LogP contribution in [0.15, 0.2) is 30.3 Å². The number of methoxy groups -OCH3 is 1. The summed E-state index contributed by atoms with van der Waals surface area (Å²) in [4.78, 5) is 11.4. The van der Waals surface area contributed by atoms with Crippen molar-refractivity contribution in [3.8, 4) is 5.88 Å². The van der Waals surface area contributed by atoms with Crippen molar-refractivity contribution in [2.24, 2.45) is 0 Å². The zero-order chi connectivity index (χ0) is 22.8. The third-order valence-electron chi connectivity index (χ3n) is 5.26. The number of hydrogen-bond donors (Lipinski definition) is 4. The van der Waals surface area contributed by atoms with Crippen molar-refractivity contribution in [2.45, 2.75) is 12.8 Å². The lowest BCUT2D eigenvalue weighted by Crippen LogP contribution is -2.32. The summed E-state index contributed by atoms with van der Waals surface area (Å²) in [5, 5.41) is 26.7. The first-order valence-electron chi connectivity index (χ1n) is 11.0. The summed E-state index contributed by atoms with van der Waals surface area (Å²) in [6.45, 7) is 4.85. The SMILES string of the molecule is COc1ccc2nc3cc(Cl)ccc3c(NCCCNCCCN(CCO)CCO)c2n1. The van der Waals surface area contributed by atoms with E-state index in [2.05, 4.69) is 20.5 Å². The molecule has 1 aromatic carbocycles. The number of aliphatic hydroxyl groups excluding tert-OH is 2. The number of fused-ring (bicyclic) bond motifs is 2. The average Bonchev–Trinajstić information content (AvgIpc) is 2.79. The summed E-state index contributed by atoms with van der Waals surface area (Å²) < 4.78 is 5.31. The lowest BCUT2D eigenvalue weighted by Gasteiger charge is -2.19. The smallest absolute Gasteiger partial charge is 0.213 e. The first kappa shape index (κ1) is 24.4. The van der Waals surface area contributed by atoms with Crippen LogP contribution in [-0.4, -0.2) is 84.7 Å². The van der Waals surface area contributed by atoms with Crippen molar-refractivity contribution in [3.63, 3.8) is 0 Å². The Labute approximate surface area is 193 Å². The van der Waals surface area contributed by atoms with Crippen LogP contribution in [0.3, 0.4) is 0 Å². The minimum Gasteiger partial charge on any atom is -0.481 e. The minimum atomic E-state index is 0.115. The maximum absolute atomic E-state index is 9.06. The summed E-state index contributed by atoms with van der Waals surface area (Å²) in [5.41, 5.74) is 3.33. The molecule has 0 saturated heterocycles. The third kappa shape index (κ3) is 6.63. The summed E-state index contributed by atoms with van der Waals surface area (Å²) in [6.07, 6.45) is 1.91. The van der Waals surface area contributed by atoms with Gasteiger partial charge in [-0.05, 0) is 56.7 Å². The van der Waals surface area contributed by atoms with E-state index in [1.165, 1.54) is 0 Å².